The first-order valence-electron chi connectivity index (χ1n) is 8.99. The summed E-state index contributed by atoms with van der Waals surface area (Å²) >= 11 is 0. The molecule has 0 saturated carbocycles. The first-order valence-corrected chi connectivity index (χ1v) is 8.99. The van der Waals surface area contributed by atoms with Gasteiger partial charge in [0.2, 0.25) is 0 Å². The number of aromatic nitrogens is 4. The first kappa shape index (κ1) is 18.5. The van der Waals surface area contributed by atoms with E-state index in [9.17, 15) is 4.79 Å². The molecule has 0 aliphatic carbocycles. The molecule has 29 heavy (non-hydrogen) atoms. The van der Waals surface area contributed by atoms with E-state index in [0.717, 1.165) is 5.56 Å². The minimum Gasteiger partial charge on any atom is -0.497 e. The lowest BCUT2D eigenvalue weighted by atomic mass is 9.94. The number of H-pyrrole nitrogens is 1. The number of aromatic amines is 1. The van der Waals surface area contributed by atoms with Crippen LogP contribution in [0.3, 0.4) is 0 Å². The number of nitrogens with zero attached hydrogens (tertiary/aromatic N) is 3. The molecule has 148 valence electrons. The van der Waals surface area contributed by atoms with E-state index in [1.165, 1.54) is 0 Å². The fourth-order valence-corrected chi connectivity index (χ4v) is 3.40. The summed E-state index contributed by atoms with van der Waals surface area (Å²) in [6, 6.07) is 10.3. The summed E-state index contributed by atoms with van der Waals surface area (Å²) in [6.07, 6.45) is 3.19. The second-order valence-corrected chi connectivity index (χ2v) is 6.42. The van der Waals surface area contributed by atoms with Gasteiger partial charge in [0, 0.05) is 11.8 Å². The van der Waals surface area contributed by atoms with Crippen molar-refractivity contribution in [3.05, 3.63) is 65.8 Å². The fraction of sp³-hybridized carbons (Fsp3) is 0.200. The summed E-state index contributed by atoms with van der Waals surface area (Å²) in [6.45, 7) is 1.84. The molecule has 1 aliphatic rings. The lowest BCUT2D eigenvalue weighted by Gasteiger charge is -2.25. The number of methoxy groups -OCH3 is 2. The number of hydrogen-bond acceptors (Lipinski definition) is 6. The largest absolute Gasteiger partial charge is 0.497 e. The van der Waals surface area contributed by atoms with Crippen molar-refractivity contribution in [2.75, 3.05) is 24.9 Å². The SMILES string of the molecule is COc1ccc(OC)c(C2C(C(=O)Nc3ccccn3)=C(C)Nc3nc[nH][n+]32)c1. The van der Waals surface area contributed by atoms with E-state index in [1.54, 1.807) is 43.6 Å². The molecule has 1 aliphatic heterocycles. The number of allylic oxidation sites excluding steroid dienone is 1. The predicted molar refractivity (Wildman–Crippen MR) is 106 cm³/mol. The molecule has 9 nitrogen and oxygen atoms in total. The number of benzene rings is 1. The number of fused-ring (bicyclic) bond motifs is 1. The van der Waals surface area contributed by atoms with Gasteiger partial charge in [-0.2, -0.15) is 0 Å². The van der Waals surface area contributed by atoms with Crippen LogP contribution in [-0.4, -0.2) is 35.2 Å². The third kappa shape index (κ3) is 3.38. The maximum absolute atomic E-state index is 13.3. The summed E-state index contributed by atoms with van der Waals surface area (Å²) < 4.78 is 12.8. The zero-order valence-corrected chi connectivity index (χ0v) is 16.3. The number of nitrogens with one attached hydrogen (secondary N) is 3. The molecule has 3 heterocycles. The number of anilines is 2. The van der Waals surface area contributed by atoms with Crippen LogP contribution in [0.15, 0.2) is 60.2 Å². The molecule has 0 bridgehead atoms. The minimum absolute atomic E-state index is 0.281. The Labute approximate surface area is 167 Å². The maximum atomic E-state index is 13.3. The van der Waals surface area contributed by atoms with Crippen molar-refractivity contribution >= 4 is 17.7 Å². The van der Waals surface area contributed by atoms with Crippen LogP contribution in [-0.2, 0) is 4.79 Å². The third-order valence-corrected chi connectivity index (χ3v) is 4.73. The van der Waals surface area contributed by atoms with Gasteiger partial charge in [0.15, 0.2) is 12.4 Å². The number of rotatable bonds is 5. The Hall–Kier alpha value is -3.88. The minimum atomic E-state index is -0.512. The van der Waals surface area contributed by atoms with E-state index < -0.39 is 6.04 Å². The third-order valence-electron chi connectivity index (χ3n) is 4.73. The second-order valence-electron chi connectivity index (χ2n) is 6.42. The van der Waals surface area contributed by atoms with Crippen molar-refractivity contribution in [2.45, 2.75) is 13.0 Å². The molecule has 1 unspecified atom stereocenters. The Bertz CT molecular complexity index is 1080. The van der Waals surface area contributed by atoms with Crippen molar-refractivity contribution in [3.8, 4) is 11.5 Å². The van der Waals surface area contributed by atoms with Gasteiger partial charge in [0.05, 0.1) is 25.5 Å². The van der Waals surface area contributed by atoms with E-state index in [2.05, 4.69) is 25.7 Å². The lowest BCUT2D eigenvalue weighted by molar-refractivity contribution is -0.746. The van der Waals surface area contributed by atoms with Crippen LogP contribution < -0.4 is 24.8 Å². The molecular formula is C20H21N6O3+. The number of hydrogen-bond donors (Lipinski definition) is 3. The van der Waals surface area contributed by atoms with E-state index in [0.29, 0.717) is 34.5 Å². The van der Waals surface area contributed by atoms with Crippen LogP contribution in [0.4, 0.5) is 11.8 Å². The van der Waals surface area contributed by atoms with Crippen LogP contribution in [0.5, 0.6) is 11.5 Å². The Balaban J connectivity index is 1.84. The van der Waals surface area contributed by atoms with Crippen molar-refractivity contribution in [2.24, 2.45) is 0 Å². The highest BCUT2D eigenvalue weighted by Gasteiger charge is 2.40. The van der Waals surface area contributed by atoms with Gasteiger partial charge in [0.1, 0.15) is 17.3 Å². The fourth-order valence-electron chi connectivity index (χ4n) is 3.40. The normalized spacial score (nSPS) is 15.3. The summed E-state index contributed by atoms with van der Waals surface area (Å²) in [4.78, 5) is 21.8. The molecule has 0 radical (unpaired) electrons. The molecule has 3 aromatic rings. The molecule has 0 fully saturated rings. The number of carbonyl (C=O) groups excluding carboxylic acids is 1. The summed E-state index contributed by atoms with van der Waals surface area (Å²) in [5.41, 5.74) is 1.94. The number of amides is 1. The van der Waals surface area contributed by atoms with Gasteiger partial charge in [-0.05, 0) is 37.3 Å². The van der Waals surface area contributed by atoms with E-state index in [4.69, 9.17) is 9.47 Å². The van der Waals surface area contributed by atoms with E-state index in [1.807, 2.05) is 31.2 Å². The molecule has 4 rings (SSSR count). The van der Waals surface area contributed by atoms with Gasteiger partial charge in [-0.15, -0.1) is 4.68 Å². The highest BCUT2D eigenvalue weighted by atomic mass is 16.5. The standard InChI is InChI=1S/C20H20N6O3/c1-12-17(19(27)25-16-6-4-5-9-21-16)18(26-20(24-12)22-11-23-26)14-10-13(28-2)7-8-15(14)29-3/h4-11,18H,1-3H3,(H2,21,22,23,24,25,27)/p+1. The van der Waals surface area contributed by atoms with Gasteiger partial charge in [-0.25, -0.2) is 15.4 Å². The zero-order valence-electron chi connectivity index (χ0n) is 16.3. The lowest BCUT2D eigenvalue weighted by Crippen LogP contribution is -2.50. The van der Waals surface area contributed by atoms with Crippen molar-refractivity contribution in [1.82, 2.24) is 15.1 Å². The number of pyridine rings is 1. The summed E-state index contributed by atoms with van der Waals surface area (Å²) in [5, 5.41) is 9.11. The van der Waals surface area contributed by atoms with Crippen LogP contribution in [0.2, 0.25) is 0 Å². The monoisotopic (exact) mass is 393 g/mol. The number of carbonyl (C=O) groups is 1. The van der Waals surface area contributed by atoms with Gasteiger partial charge >= 0.3 is 5.95 Å². The quantitative estimate of drug-likeness (QED) is 0.573. The van der Waals surface area contributed by atoms with Crippen LogP contribution in [0.1, 0.15) is 18.5 Å². The Kier molecular flexibility index (Phi) is 4.86. The molecule has 1 atom stereocenters. The summed E-state index contributed by atoms with van der Waals surface area (Å²) in [7, 11) is 3.19. The van der Waals surface area contributed by atoms with Gasteiger partial charge in [-0.1, -0.05) is 11.1 Å². The molecule has 3 N–H and O–H groups in total. The van der Waals surface area contributed by atoms with Crippen LogP contribution in [0, 0.1) is 0 Å². The molecule has 9 heteroatoms. The summed E-state index contributed by atoms with van der Waals surface area (Å²) in [5.74, 6) is 2.06. The second kappa shape index (κ2) is 7.63. The molecule has 0 saturated heterocycles. The highest BCUT2D eigenvalue weighted by molar-refractivity contribution is 6.05. The predicted octanol–water partition coefficient (Wildman–Crippen LogP) is 2.04. The Morgan fingerprint density at radius 2 is 2.03 bits per heavy atom. The molecule has 1 aromatic carbocycles. The Morgan fingerprint density at radius 1 is 1.17 bits per heavy atom. The average molecular weight is 393 g/mol. The van der Waals surface area contributed by atoms with E-state index >= 15 is 0 Å². The van der Waals surface area contributed by atoms with Gasteiger partial charge in [-0.3, -0.25) is 4.79 Å². The first-order chi connectivity index (χ1) is 14.1. The van der Waals surface area contributed by atoms with Crippen LogP contribution >= 0.6 is 0 Å². The van der Waals surface area contributed by atoms with Crippen LogP contribution in [0.25, 0.3) is 0 Å². The molecular weight excluding hydrogens is 372 g/mol. The molecule has 1 amide bonds. The zero-order chi connectivity index (χ0) is 20.4. The van der Waals surface area contributed by atoms with Gasteiger partial charge < -0.3 is 14.8 Å². The van der Waals surface area contributed by atoms with E-state index in [-0.39, 0.29) is 5.91 Å². The maximum Gasteiger partial charge on any atom is 0.416 e. The van der Waals surface area contributed by atoms with Gasteiger partial charge in [0.25, 0.3) is 5.91 Å². The van der Waals surface area contributed by atoms with Crippen molar-refractivity contribution < 1.29 is 19.0 Å². The topological polar surface area (TPSA) is 105 Å². The molecule has 2 aromatic heterocycles. The average Bonchev–Trinajstić information content (AvgIpc) is 3.20. The smallest absolute Gasteiger partial charge is 0.416 e. The highest BCUT2D eigenvalue weighted by Crippen LogP contribution is 2.36. The number of ether oxygens (including phenoxy) is 2. The van der Waals surface area contributed by atoms with Crippen molar-refractivity contribution in [3.63, 3.8) is 0 Å². The van der Waals surface area contributed by atoms with Crippen molar-refractivity contribution in [1.29, 1.82) is 0 Å². The Morgan fingerprint density at radius 3 is 2.76 bits per heavy atom. The molecule has 0 spiro atoms.